The van der Waals surface area contributed by atoms with Crippen molar-refractivity contribution < 1.29 is 0 Å². The van der Waals surface area contributed by atoms with Crippen molar-refractivity contribution in [3.63, 3.8) is 0 Å². The molecule has 0 nitrogen and oxygen atoms in total. The van der Waals surface area contributed by atoms with Crippen molar-refractivity contribution in [3.05, 3.63) is 34.9 Å². The minimum absolute atomic E-state index is 0. The zero-order valence-electron chi connectivity index (χ0n) is 6.23. The van der Waals surface area contributed by atoms with Crippen LogP contribution in [0.25, 0.3) is 0 Å². The molecular weight excluding hydrogens is 245 g/mol. The molecule has 0 aromatic heterocycles. The van der Waals surface area contributed by atoms with E-state index < -0.39 is 0 Å². The van der Waals surface area contributed by atoms with Gasteiger partial charge >= 0.3 is 48.9 Å². The summed E-state index contributed by atoms with van der Waals surface area (Å²) in [5.41, 5.74) is 4.06. The van der Waals surface area contributed by atoms with Gasteiger partial charge in [-0.05, 0) is 20.8 Å². The molecular formula is C9H14Ba. The standard InChI is InChI=1S/C9H12.Ba.2H/c1-7-4-8(2)6-9(3)5-7;;;/h4-6H,1-3H3;;;. The van der Waals surface area contributed by atoms with E-state index in [2.05, 4.69) is 39.0 Å². The van der Waals surface area contributed by atoms with Gasteiger partial charge in [0.2, 0.25) is 0 Å². The molecule has 1 aromatic carbocycles. The Morgan fingerprint density at radius 1 is 0.700 bits per heavy atom. The van der Waals surface area contributed by atoms with Gasteiger partial charge in [-0.25, -0.2) is 0 Å². The molecule has 0 aliphatic heterocycles. The van der Waals surface area contributed by atoms with Crippen LogP contribution in [0.5, 0.6) is 0 Å². The van der Waals surface area contributed by atoms with E-state index in [1.165, 1.54) is 16.7 Å². The van der Waals surface area contributed by atoms with E-state index in [1.807, 2.05) is 0 Å². The summed E-state index contributed by atoms with van der Waals surface area (Å²) < 4.78 is 0. The summed E-state index contributed by atoms with van der Waals surface area (Å²) in [6, 6.07) is 6.56. The van der Waals surface area contributed by atoms with Gasteiger partial charge in [0.05, 0.1) is 0 Å². The van der Waals surface area contributed by atoms with Crippen LogP contribution >= 0.6 is 0 Å². The molecule has 0 fully saturated rings. The van der Waals surface area contributed by atoms with Gasteiger partial charge in [0.15, 0.2) is 0 Å². The molecule has 0 heterocycles. The normalized spacial score (nSPS) is 8.70. The Bertz CT molecular complexity index is 165. The third kappa shape index (κ3) is 3.26. The molecule has 0 saturated heterocycles. The Morgan fingerprint density at radius 3 is 1.10 bits per heavy atom. The van der Waals surface area contributed by atoms with Crippen molar-refractivity contribution in [2.24, 2.45) is 0 Å². The van der Waals surface area contributed by atoms with Crippen molar-refractivity contribution in [1.29, 1.82) is 0 Å². The third-order valence-electron chi connectivity index (χ3n) is 1.37. The molecule has 0 spiro atoms. The molecule has 10 heavy (non-hydrogen) atoms. The number of benzene rings is 1. The van der Waals surface area contributed by atoms with Gasteiger partial charge in [-0.1, -0.05) is 34.9 Å². The minimum atomic E-state index is 0. The third-order valence-corrected chi connectivity index (χ3v) is 1.37. The van der Waals surface area contributed by atoms with Crippen LogP contribution in [0.15, 0.2) is 18.2 Å². The molecule has 1 aromatic rings. The molecule has 0 amide bonds. The predicted octanol–water partition coefficient (Wildman–Crippen LogP) is 1.70. The summed E-state index contributed by atoms with van der Waals surface area (Å²) in [4.78, 5) is 0. The summed E-state index contributed by atoms with van der Waals surface area (Å²) in [5, 5.41) is 0. The molecule has 1 heteroatoms. The molecule has 1 rings (SSSR count). The average molecular weight is 260 g/mol. The van der Waals surface area contributed by atoms with E-state index in [9.17, 15) is 0 Å². The topological polar surface area (TPSA) is 0 Å². The zero-order valence-corrected chi connectivity index (χ0v) is 6.23. The van der Waals surface area contributed by atoms with Crippen molar-refractivity contribution in [1.82, 2.24) is 0 Å². The monoisotopic (exact) mass is 260 g/mol. The average Bonchev–Trinajstić information content (AvgIpc) is 1.59. The fourth-order valence-electron chi connectivity index (χ4n) is 1.20. The molecule has 0 atom stereocenters. The van der Waals surface area contributed by atoms with Gasteiger partial charge in [-0.3, -0.25) is 0 Å². The van der Waals surface area contributed by atoms with Crippen molar-refractivity contribution in [2.75, 3.05) is 0 Å². The first-order valence-electron chi connectivity index (χ1n) is 3.23. The van der Waals surface area contributed by atoms with Crippen LogP contribution < -0.4 is 0 Å². The Labute approximate surface area is 103 Å². The first-order chi connectivity index (χ1) is 4.18. The molecule has 0 N–H and O–H groups in total. The van der Waals surface area contributed by atoms with Gasteiger partial charge < -0.3 is 0 Å². The number of hydrogen-bond acceptors (Lipinski definition) is 0. The summed E-state index contributed by atoms with van der Waals surface area (Å²) in [6.07, 6.45) is 0. The van der Waals surface area contributed by atoms with Gasteiger partial charge in [-0.2, -0.15) is 0 Å². The molecule has 0 aliphatic carbocycles. The van der Waals surface area contributed by atoms with Crippen LogP contribution in [0.2, 0.25) is 0 Å². The van der Waals surface area contributed by atoms with Crippen molar-refractivity contribution in [3.8, 4) is 0 Å². The number of rotatable bonds is 0. The SMILES string of the molecule is Cc1cc(C)cc(C)c1.[BaH2]. The van der Waals surface area contributed by atoms with Gasteiger partial charge in [0.25, 0.3) is 0 Å². The Kier molecular flexibility index (Phi) is 4.99. The van der Waals surface area contributed by atoms with Crippen LogP contribution in [0.1, 0.15) is 16.7 Å². The van der Waals surface area contributed by atoms with Crippen LogP contribution in [0, 0.1) is 20.8 Å². The fraction of sp³-hybridized carbons (Fsp3) is 0.333. The second-order valence-electron chi connectivity index (χ2n) is 2.67. The molecule has 0 bridgehead atoms. The van der Waals surface area contributed by atoms with E-state index in [4.69, 9.17) is 0 Å². The van der Waals surface area contributed by atoms with E-state index in [-0.39, 0.29) is 48.9 Å². The molecule has 0 aliphatic rings. The van der Waals surface area contributed by atoms with Gasteiger partial charge in [0.1, 0.15) is 0 Å². The van der Waals surface area contributed by atoms with Crippen LogP contribution in [0.4, 0.5) is 0 Å². The van der Waals surface area contributed by atoms with Crippen molar-refractivity contribution in [2.45, 2.75) is 20.8 Å². The summed E-state index contributed by atoms with van der Waals surface area (Å²) in [7, 11) is 0. The van der Waals surface area contributed by atoms with Crippen LogP contribution in [0.3, 0.4) is 0 Å². The summed E-state index contributed by atoms with van der Waals surface area (Å²) >= 11 is 0. The van der Waals surface area contributed by atoms with E-state index in [0.717, 1.165) is 0 Å². The van der Waals surface area contributed by atoms with E-state index >= 15 is 0 Å². The Morgan fingerprint density at radius 2 is 0.900 bits per heavy atom. The first-order valence-corrected chi connectivity index (χ1v) is 3.23. The second kappa shape index (κ2) is 4.63. The van der Waals surface area contributed by atoms with Crippen LogP contribution in [-0.2, 0) is 0 Å². The maximum absolute atomic E-state index is 2.19. The second-order valence-corrected chi connectivity index (χ2v) is 2.67. The van der Waals surface area contributed by atoms with Crippen molar-refractivity contribution >= 4 is 48.9 Å². The number of aryl methyl sites for hydroxylation is 3. The zero-order chi connectivity index (χ0) is 6.85. The molecule has 0 saturated carbocycles. The predicted molar refractivity (Wildman–Crippen MR) is 49.2 cm³/mol. The quantitative estimate of drug-likeness (QED) is 0.622. The fourth-order valence-corrected chi connectivity index (χ4v) is 1.20. The summed E-state index contributed by atoms with van der Waals surface area (Å²) in [5.74, 6) is 0. The Balaban J connectivity index is 0.000000810. The molecule has 0 unspecified atom stereocenters. The Hall–Kier alpha value is 0.791. The van der Waals surface area contributed by atoms with Gasteiger partial charge in [-0.15, -0.1) is 0 Å². The maximum atomic E-state index is 2.19. The molecule has 52 valence electrons. The van der Waals surface area contributed by atoms with Gasteiger partial charge in [0, 0.05) is 0 Å². The van der Waals surface area contributed by atoms with Crippen LogP contribution in [-0.4, -0.2) is 48.9 Å². The number of hydrogen-bond donors (Lipinski definition) is 0. The first kappa shape index (κ1) is 10.8. The summed E-state index contributed by atoms with van der Waals surface area (Å²) in [6.45, 7) is 6.38. The van der Waals surface area contributed by atoms with E-state index in [0.29, 0.717) is 0 Å². The van der Waals surface area contributed by atoms with E-state index in [1.54, 1.807) is 0 Å². The molecule has 0 radical (unpaired) electrons.